The number of nitrogens with zero attached hydrogens (tertiary/aromatic N) is 3. The number of rotatable bonds is 2. The molecule has 104 valence electrons. The van der Waals surface area contributed by atoms with Gasteiger partial charge in [-0.05, 0) is 12.5 Å². The van der Waals surface area contributed by atoms with Gasteiger partial charge in [0, 0.05) is 24.8 Å². The zero-order chi connectivity index (χ0) is 13.9. The summed E-state index contributed by atoms with van der Waals surface area (Å²) in [5, 5.41) is 0. The number of aromatic nitrogens is 2. The number of hydrogen-bond acceptors (Lipinski definition) is 5. The Balaban J connectivity index is 1.81. The van der Waals surface area contributed by atoms with Crippen LogP contribution in [0.15, 0.2) is 36.4 Å². The Labute approximate surface area is 118 Å². The number of aryl methyl sites for hydroxylation is 1. The highest BCUT2D eigenvalue weighted by Crippen LogP contribution is 2.25. The third-order valence-electron chi connectivity index (χ3n) is 3.42. The first kappa shape index (κ1) is 12.9. The first-order valence-electron chi connectivity index (χ1n) is 6.75. The lowest BCUT2D eigenvalue weighted by atomic mass is 10.1. The summed E-state index contributed by atoms with van der Waals surface area (Å²) in [6.07, 6.45) is 0.0708. The molecule has 0 saturated carbocycles. The summed E-state index contributed by atoms with van der Waals surface area (Å²) in [7, 11) is 0. The van der Waals surface area contributed by atoms with Crippen molar-refractivity contribution in [1.29, 1.82) is 0 Å². The van der Waals surface area contributed by atoms with E-state index in [-0.39, 0.29) is 6.10 Å². The van der Waals surface area contributed by atoms with E-state index in [2.05, 4.69) is 27.0 Å². The highest BCUT2D eigenvalue weighted by atomic mass is 16.5. The van der Waals surface area contributed by atoms with Gasteiger partial charge in [-0.15, -0.1) is 0 Å². The van der Waals surface area contributed by atoms with E-state index in [1.807, 2.05) is 31.2 Å². The third kappa shape index (κ3) is 2.72. The van der Waals surface area contributed by atoms with Gasteiger partial charge in [0.05, 0.1) is 6.61 Å². The van der Waals surface area contributed by atoms with Crippen LogP contribution >= 0.6 is 0 Å². The van der Waals surface area contributed by atoms with Gasteiger partial charge in [-0.3, -0.25) is 0 Å². The SMILES string of the molecule is Cc1cc(N2CCOC(c3ccccc3)C2)nc(N)n1. The van der Waals surface area contributed by atoms with Gasteiger partial charge >= 0.3 is 0 Å². The maximum atomic E-state index is 5.86. The number of hydrogen-bond donors (Lipinski definition) is 1. The van der Waals surface area contributed by atoms with Crippen LogP contribution in [0, 0.1) is 6.92 Å². The van der Waals surface area contributed by atoms with Gasteiger partial charge in [0.1, 0.15) is 11.9 Å². The Morgan fingerprint density at radius 1 is 1.25 bits per heavy atom. The molecule has 3 rings (SSSR count). The normalized spacial score (nSPS) is 19.1. The Morgan fingerprint density at radius 3 is 2.80 bits per heavy atom. The fourth-order valence-electron chi connectivity index (χ4n) is 2.46. The molecule has 2 N–H and O–H groups in total. The minimum atomic E-state index is 0.0708. The molecule has 0 bridgehead atoms. The first-order chi connectivity index (χ1) is 9.72. The second kappa shape index (κ2) is 5.46. The van der Waals surface area contributed by atoms with Crippen molar-refractivity contribution in [2.75, 3.05) is 30.3 Å². The van der Waals surface area contributed by atoms with Crippen LogP contribution in [0.3, 0.4) is 0 Å². The van der Waals surface area contributed by atoms with Crippen molar-refractivity contribution in [3.8, 4) is 0 Å². The molecule has 2 heterocycles. The number of nitrogens with two attached hydrogens (primary N) is 1. The van der Waals surface area contributed by atoms with Crippen molar-refractivity contribution in [3.05, 3.63) is 47.7 Å². The number of morpholine rings is 1. The molecular formula is C15H18N4O. The Morgan fingerprint density at radius 2 is 2.05 bits per heavy atom. The Hall–Kier alpha value is -2.14. The van der Waals surface area contributed by atoms with E-state index in [9.17, 15) is 0 Å². The molecule has 0 aliphatic carbocycles. The van der Waals surface area contributed by atoms with Crippen molar-refractivity contribution in [1.82, 2.24) is 9.97 Å². The molecule has 1 aliphatic rings. The van der Waals surface area contributed by atoms with E-state index in [4.69, 9.17) is 10.5 Å². The predicted octanol–water partition coefficient (Wildman–Crippen LogP) is 1.95. The Kier molecular flexibility index (Phi) is 3.52. The van der Waals surface area contributed by atoms with Gasteiger partial charge in [0.2, 0.25) is 5.95 Å². The monoisotopic (exact) mass is 270 g/mol. The summed E-state index contributed by atoms with van der Waals surface area (Å²) in [4.78, 5) is 10.6. The molecule has 1 aromatic carbocycles. The largest absolute Gasteiger partial charge is 0.370 e. The molecule has 1 aliphatic heterocycles. The van der Waals surface area contributed by atoms with E-state index in [1.165, 1.54) is 5.56 Å². The van der Waals surface area contributed by atoms with Crippen LogP contribution in [-0.2, 0) is 4.74 Å². The molecule has 5 heteroatoms. The van der Waals surface area contributed by atoms with Crippen molar-refractivity contribution in [3.63, 3.8) is 0 Å². The van der Waals surface area contributed by atoms with Crippen LogP contribution < -0.4 is 10.6 Å². The molecule has 0 spiro atoms. The highest BCUT2D eigenvalue weighted by molar-refractivity contribution is 5.44. The predicted molar refractivity (Wildman–Crippen MR) is 78.5 cm³/mol. The summed E-state index contributed by atoms with van der Waals surface area (Å²) < 4.78 is 5.86. The van der Waals surface area contributed by atoms with Gasteiger partial charge in [-0.1, -0.05) is 30.3 Å². The molecule has 1 atom stereocenters. The number of benzene rings is 1. The van der Waals surface area contributed by atoms with Crippen LogP contribution in [-0.4, -0.2) is 29.7 Å². The molecule has 0 amide bonds. The van der Waals surface area contributed by atoms with Gasteiger partial charge in [-0.25, -0.2) is 4.98 Å². The van der Waals surface area contributed by atoms with Crippen molar-refractivity contribution < 1.29 is 4.74 Å². The average molecular weight is 270 g/mol. The molecule has 0 radical (unpaired) electrons. The van der Waals surface area contributed by atoms with Gasteiger partial charge in [-0.2, -0.15) is 4.98 Å². The van der Waals surface area contributed by atoms with Gasteiger partial charge in [0.25, 0.3) is 0 Å². The fraction of sp³-hybridized carbons (Fsp3) is 0.333. The minimum absolute atomic E-state index is 0.0708. The molecule has 1 unspecified atom stereocenters. The van der Waals surface area contributed by atoms with Gasteiger partial charge in [0.15, 0.2) is 0 Å². The number of ether oxygens (including phenoxy) is 1. The van der Waals surface area contributed by atoms with Crippen LogP contribution in [0.1, 0.15) is 17.4 Å². The smallest absolute Gasteiger partial charge is 0.222 e. The van der Waals surface area contributed by atoms with Crippen LogP contribution in [0.25, 0.3) is 0 Å². The highest BCUT2D eigenvalue weighted by Gasteiger charge is 2.23. The summed E-state index contributed by atoms with van der Waals surface area (Å²) in [5.74, 6) is 1.20. The zero-order valence-corrected chi connectivity index (χ0v) is 11.5. The summed E-state index contributed by atoms with van der Waals surface area (Å²) >= 11 is 0. The molecule has 2 aromatic rings. The van der Waals surface area contributed by atoms with Crippen molar-refractivity contribution in [2.45, 2.75) is 13.0 Å². The molecular weight excluding hydrogens is 252 g/mol. The Bertz CT molecular complexity index is 567. The fourth-order valence-corrected chi connectivity index (χ4v) is 2.46. The third-order valence-corrected chi connectivity index (χ3v) is 3.42. The molecule has 1 aromatic heterocycles. The number of nitrogen functional groups attached to an aromatic ring is 1. The zero-order valence-electron chi connectivity index (χ0n) is 11.5. The maximum Gasteiger partial charge on any atom is 0.222 e. The lowest BCUT2D eigenvalue weighted by Crippen LogP contribution is -2.39. The molecule has 5 nitrogen and oxygen atoms in total. The second-order valence-electron chi connectivity index (χ2n) is 4.94. The van der Waals surface area contributed by atoms with Crippen molar-refractivity contribution >= 4 is 11.8 Å². The molecule has 1 saturated heterocycles. The van der Waals surface area contributed by atoms with Crippen LogP contribution in [0.2, 0.25) is 0 Å². The van der Waals surface area contributed by atoms with Crippen molar-refractivity contribution in [2.24, 2.45) is 0 Å². The summed E-state index contributed by atoms with van der Waals surface area (Å²) in [6.45, 7) is 4.21. The standard InChI is InChI=1S/C15H18N4O/c1-11-9-14(18-15(16)17-11)19-7-8-20-13(10-19)12-5-3-2-4-6-12/h2-6,9,13H,7-8,10H2,1H3,(H2,16,17,18). The van der Waals surface area contributed by atoms with E-state index in [0.29, 0.717) is 12.6 Å². The second-order valence-corrected chi connectivity index (χ2v) is 4.94. The van der Waals surface area contributed by atoms with E-state index >= 15 is 0 Å². The van der Waals surface area contributed by atoms with E-state index in [0.717, 1.165) is 24.6 Å². The van der Waals surface area contributed by atoms with E-state index < -0.39 is 0 Å². The average Bonchev–Trinajstić information content (AvgIpc) is 2.47. The molecule has 1 fully saturated rings. The quantitative estimate of drug-likeness (QED) is 0.903. The topological polar surface area (TPSA) is 64.3 Å². The van der Waals surface area contributed by atoms with Crippen LogP contribution in [0.5, 0.6) is 0 Å². The van der Waals surface area contributed by atoms with E-state index in [1.54, 1.807) is 0 Å². The lowest BCUT2D eigenvalue weighted by molar-refractivity contribution is 0.0395. The van der Waals surface area contributed by atoms with Gasteiger partial charge < -0.3 is 15.4 Å². The summed E-state index contributed by atoms with van der Waals surface area (Å²) in [5.41, 5.74) is 7.81. The minimum Gasteiger partial charge on any atom is -0.370 e. The summed E-state index contributed by atoms with van der Waals surface area (Å²) in [6, 6.07) is 12.2. The number of anilines is 2. The maximum absolute atomic E-state index is 5.86. The first-order valence-corrected chi connectivity index (χ1v) is 6.75. The lowest BCUT2D eigenvalue weighted by Gasteiger charge is -2.34. The van der Waals surface area contributed by atoms with Crippen LogP contribution in [0.4, 0.5) is 11.8 Å². The molecule has 20 heavy (non-hydrogen) atoms.